The number of hydrogen-bond acceptors (Lipinski definition) is 4. The molecular formula is C13H24N2O3. The molecule has 104 valence electrons. The molecular weight excluding hydrogens is 232 g/mol. The quantitative estimate of drug-likeness (QED) is 0.742. The Bertz CT molecular complexity index is 279. The van der Waals surface area contributed by atoms with Crippen molar-refractivity contribution in [3.8, 4) is 0 Å². The molecule has 2 aliphatic rings. The first-order valence-corrected chi connectivity index (χ1v) is 6.95. The molecule has 1 amide bonds. The number of aliphatic hydroxyl groups excluding tert-OH is 1. The smallest absolute Gasteiger partial charge is 0.239 e. The summed E-state index contributed by atoms with van der Waals surface area (Å²) in [7, 11) is 0. The zero-order valence-electron chi connectivity index (χ0n) is 11.1. The summed E-state index contributed by atoms with van der Waals surface area (Å²) in [5.74, 6) is 0.678. The third kappa shape index (κ3) is 3.67. The molecule has 1 aliphatic heterocycles. The molecule has 0 aromatic heterocycles. The van der Waals surface area contributed by atoms with Gasteiger partial charge >= 0.3 is 0 Å². The molecule has 0 bridgehead atoms. The van der Waals surface area contributed by atoms with Crippen LogP contribution in [-0.4, -0.2) is 60.9 Å². The summed E-state index contributed by atoms with van der Waals surface area (Å²) in [6, 6.07) is -0.138. The van der Waals surface area contributed by atoms with E-state index in [1.807, 2.05) is 11.8 Å². The van der Waals surface area contributed by atoms with Gasteiger partial charge in [0.05, 0.1) is 25.4 Å². The summed E-state index contributed by atoms with van der Waals surface area (Å²) in [6.07, 6.45) is 2.69. The van der Waals surface area contributed by atoms with Crippen LogP contribution in [0.15, 0.2) is 0 Å². The zero-order valence-corrected chi connectivity index (χ0v) is 11.1. The van der Waals surface area contributed by atoms with E-state index in [0.29, 0.717) is 32.2 Å². The maximum absolute atomic E-state index is 12.1. The number of morpholine rings is 1. The van der Waals surface area contributed by atoms with Gasteiger partial charge in [-0.25, -0.2) is 0 Å². The zero-order chi connectivity index (χ0) is 13.0. The SMILES string of the molecule is CC(NCC1CCC(O)C1)C(=O)N1CCOCC1. The van der Waals surface area contributed by atoms with Crippen LogP contribution in [0, 0.1) is 5.92 Å². The molecule has 1 saturated carbocycles. The number of amides is 1. The van der Waals surface area contributed by atoms with Gasteiger partial charge in [-0.15, -0.1) is 0 Å². The van der Waals surface area contributed by atoms with Crippen LogP contribution < -0.4 is 5.32 Å². The molecule has 0 aromatic carbocycles. The molecule has 18 heavy (non-hydrogen) atoms. The first kappa shape index (κ1) is 13.8. The van der Waals surface area contributed by atoms with Crippen LogP contribution in [0.3, 0.4) is 0 Å². The highest BCUT2D eigenvalue weighted by Gasteiger charge is 2.26. The minimum atomic E-state index is -0.138. The average Bonchev–Trinajstić information content (AvgIpc) is 2.82. The Kier molecular flexibility index (Phi) is 4.97. The van der Waals surface area contributed by atoms with Gasteiger partial charge < -0.3 is 20.1 Å². The standard InChI is InChI=1S/C13H24N2O3/c1-10(13(17)15-4-6-18-7-5-15)14-9-11-2-3-12(16)8-11/h10-12,14,16H,2-9H2,1H3. The van der Waals surface area contributed by atoms with Gasteiger partial charge in [-0.05, 0) is 38.6 Å². The van der Waals surface area contributed by atoms with E-state index >= 15 is 0 Å². The Morgan fingerprint density at radius 1 is 1.44 bits per heavy atom. The van der Waals surface area contributed by atoms with Crippen molar-refractivity contribution in [1.29, 1.82) is 0 Å². The van der Waals surface area contributed by atoms with Gasteiger partial charge in [-0.3, -0.25) is 4.79 Å². The molecule has 1 aliphatic carbocycles. The number of aliphatic hydroxyl groups is 1. The van der Waals surface area contributed by atoms with Gasteiger partial charge in [0, 0.05) is 13.1 Å². The molecule has 0 aromatic rings. The largest absolute Gasteiger partial charge is 0.393 e. The lowest BCUT2D eigenvalue weighted by molar-refractivity contribution is -0.137. The molecule has 3 unspecified atom stereocenters. The first-order valence-electron chi connectivity index (χ1n) is 6.95. The van der Waals surface area contributed by atoms with Gasteiger partial charge in [-0.2, -0.15) is 0 Å². The predicted octanol–water partition coefficient (Wildman–Crippen LogP) is -0.0157. The fourth-order valence-corrected chi connectivity index (χ4v) is 2.72. The van der Waals surface area contributed by atoms with Crippen LogP contribution in [0.2, 0.25) is 0 Å². The fraction of sp³-hybridized carbons (Fsp3) is 0.923. The Balaban J connectivity index is 1.70. The first-order chi connectivity index (χ1) is 8.66. The van der Waals surface area contributed by atoms with E-state index in [1.165, 1.54) is 0 Å². The third-order valence-corrected chi connectivity index (χ3v) is 3.92. The molecule has 0 radical (unpaired) electrons. The molecule has 2 N–H and O–H groups in total. The van der Waals surface area contributed by atoms with E-state index in [-0.39, 0.29) is 18.1 Å². The number of rotatable bonds is 4. The predicted molar refractivity (Wildman–Crippen MR) is 68.2 cm³/mol. The van der Waals surface area contributed by atoms with Gasteiger partial charge in [-0.1, -0.05) is 0 Å². The molecule has 1 heterocycles. The second-order valence-electron chi connectivity index (χ2n) is 5.40. The molecule has 2 rings (SSSR count). The molecule has 5 nitrogen and oxygen atoms in total. The summed E-state index contributed by atoms with van der Waals surface area (Å²) < 4.78 is 5.24. The van der Waals surface area contributed by atoms with Crippen LogP contribution >= 0.6 is 0 Å². The van der Waals surface area contributed by atoms with Crippen molar-refractivity contribution in [2.24, 2.45) is 5.92 Å². The molecule has 2 fully saturated rings. The summed E-state index contributed by atoms with van der Waals surface area (Å²) in [5.41, 5.74) is 0. The minimum absolute atomic E-state index is 0.137. The fourth-order valence-electron chi connectivity index (χ4n) is 2.72. The maximum Gasteiger partial charge on any atom is 0.239 e. The van der Waals surface area contributed by atoms with E-state index in [9.17, 15) is 9.90 Å². The number of carbonyl (C=O) groups excluding carboxylic acids is 1. The van der Waals surface area contributed by atoms with Crippen molar-refractivity contribution in [3.05, 3.63) is 0 Å². The molecule has 0 spiro atoms. The number of hydrogen-bond donors (Lipinski definition) is 2. The van der Waals surface area contributed by atoms with Crippen molar-refractivity contribution in [3.63, 3.8) is 0 Å². The molecule has 1 saturated heterocycles. The Hall–Kier alpha value is -0.650. The minimum Gasteiger partial charge on any atom is -0.393 e. The highest BCUT2D eigenvalue weighted by molar-refractivity contribution is 5.81. The lowest BCUT2D eigenvalue weighted by atomic mass is 10.1. The van der Waals surface area contributed by atoms with Crippen LogP contribution in [0.5, 0.6) is 0 Å². The summed E-state index contributed by atoms with van der Waals surface area (Å²) in [5, 5.41) is 12.8. The summed E-state index contributed by atoms with van der Waals surface area (Å²) in [6.45, 7) is 5.44. The van der Waals surface area contributed by atoms with Gasteiger partial charge in [0.1, 0.15) is 0 Å². The number of nitrogens with zero attached hydrogens (tertiary/aromatic N) is 1. The second-order valence-corrected chi connectivity index (χ2v) is 5.40. The van der Waals surface area contributed by atoms with Crippen LogP contribution in [0.1, 0.15) is 26.2 Å². The number of nitrogens with one attached hydrogen (secondary N) is 1. The van der Waals surface area contributed by atoms with Gasteiger partial charge in [0.25, 0.3) is 0 Å². The normalized spacial score (nSPS) is 30.4. The highest BCUT2D eigenvalue weighted by atomic mass is 16.5. The van der Waals surface area contributed by atoms with Crippen LogP contribution in [0.4, 0.5) is 0 Å². The molecule has 3 atom stereocenters. The van der Waals surface area contributed by atoms with Crippen molar-refractivity contribution in [2.45, 2.75) is 38.3 Å². The third-order valence-electron chi connectivity index (χ3n) is 3.92. The summed E-state index contributed by atoms with van der Waals surface area (Å²) >= 11 is 0. The highest BCUT2D eigenvalue weighted by Crippen LogP contribution is 2.24. The number of ether oxygens (including phenoxy) is 1. The van der Waals surface area contributed by atoms with E-state index in [4.69, 9.17) is 4.74 Å². The van der Waals surface area contributed by atoms with E-state index in [2.05, 4.69) is 5.32 Å². The van der Waals surface area contributed by atoms with Crippen molar-refractivity contribution < 1.29 is 14.6 Å². The van der Waals surface area contributed by atoms with E-state index in [0.717, 1.165) is 25.8 Å². The van der Waals surface area contributed by atoms with Gasteiger partial charge in [0.15, 0.2) is 0 Å². The van der Waals surface area contributed by atoms with Crippen LogP contribution in [-0.2, 0) is 9.53 Å². The van der Waals surface area contributed by atoms with Gasteiger partial charge in [0.2, 0.25) is 5.91 Å². The van der Waals surface area contributed by atoms with Crippen molar-refractivity contribution in [1.82, 2.24) is 10.2 Å². The lowest BCUT2D eigenvalue weighted by Gasteiger charge is -2.30. The average molecular weight is 256 g/mol. The maximum atomic E-state index is 12.1. The topological polar surface area (TPSA) is 61.8 Å². The van der Waals surface area contributed by atoms with Crippen LogP contribution in [0.25, 0.3) is 0 Å². The molecule has 5 heteroatoms. The lowest BCUT2D eigenvalue weighted by Crippen LogP contribution is -2.49. The van der Waals surface area contributed by atoms with Crippen molar-refractivity contribution >= 4 is 5.91 Å². The Morgan fingerprint density at radius 2 is 2.17 bits per heavy atom. The second kappa shape index (κ2) is 6.50. The monoisotopic (exact) mass is 256 g/mol. The number of carbonyl (C=O) groups is 1. The Morgan fingerprint density at radius 3 is 2.78 bits per heavy atom. The van der Waals surface area contributed by atoms with E-state index in [1.54, 1.807) is 0 Å². The van der Waals surface area contributed by atoms with Crippen molar-refractivity contribution in [2.75, 3.05) is 32.8 Å². The Labute approximate surface area is 108 Å². The van der Waals surface area contributed by atoms with E-state index < -0.39 is 0 Å². The summed E-state index contributed by atoms with van der Waals surface area (Å²) in [4.78, 5) is 14.0.